The van der Waals surface area contributed by atoms with Gasteiger partial charge in [0.1, 0.15) is 0 Å². The molecule has 0 saturated heterocycles. The van der Waals surface area contributed by atoms with Gasteiger partial charge in [0.05, 0.1) is 15.6 Å². The highest BCUT2D eigenvalue weighted by atomic mass is 32.1. The van der Waals surface area contributed by atoms with Crippen LogP contribution in [0.3, 0.4) is 0 Å². The van der Waals surface area contributed by atoms with Crippen LogP contribution in [0.1, 0.15) is 22.7 Å². The molecule has 3 rings (SSSR count). The summed E-state index contributed by atoms with van der Waals surface area (Å²) in [5.74, 6) is -0.216. The summed E-state index contributed by atoms with van der Waals surface area (Å²) in [4.78, 5) is 27.2. The number of nitro groups is 1. The molecule has 1 aromatic heterocycles. The highest BCUT2D eigenvalue weighted by molar-refractivity contribution is 7.09. The number of amides is 1. The van der Waals surface area contributed by atoms with Gasteiger partial charge in [-0.25, -0.2) is 4.98 Å². The van der Waals surface area contributed by atoms with Gasteiger partial charge in [0.25, 0.3) is 5.69 Å². The lowest BCUT2D eigenvalue weighted by Crippen LogP contribution is -2.24. The Bertz CT molecular complexity index is 867. The number of rotatable bonds is 5. The lowest BCUT2D eigenvalue weighted by atomic mass is 10.1. The molecule has 24 heavy (non-hydrogen) atoms. The van der Waals surface area contributed by atoms with E-state index in [-0.39, 0.29) is 18.1 Å². The second kappa shape index (κ2) is 6.76. The van der Waals surface area contributed by atoms with E-state index in [1.807, 2.05) is 24.5 Å². The first-order chi connectivity index (χ1) is 11.5. The van der Waals surface area contributed by atoms with E-state index >= 15 is 0 Å². The standard InChI is InChI=1S/C17H15N3O3S/c1-11-19-15(10-24-11)12-6-7-13(8-12)17(21)18-9-14-4-2-3-5-16(14)20(22)23/h2-6,8,10H,7,9H2,1H3,(H,18,21). The molecule has 1 N–H and O–H groups in total. The van der Waals surface area contributed by atoms with Gasteiger partial charge in [-0.3, -0.25) is 14.9 Å². The number of nitrogens with one attached hydrogen (secondary N) is 1. The van der Waals surface area contributed by atoms with Crippen molar-refractivity contribution in [3.05, 3.63) is 73.7 Å². The molecule has 1 aromatic carbocycles. The van der Waals surface area contributed by atoms with E-state index in [0.717, 1.165) is 16.3 Å². The van der Waals surface area contributed by atoms with Crippen molar-refractivity contribution in [1.82, 2.24) is 10.3 Å². The molecule has 0 spiro atoms. The molecule has 0 saturated carbocycles. The van der Waals surface area contributed by atoms with Gasteiger partial charge in [-0.1, -0.05) is 24.3 Å². The highest BCUT2D eigenvalue weighted by Gasteiger charge is 2.18. The van der Waals surface area contributed by atoms with Crippen LogP contribution in [-0.4, -0.2) is 15.8 Å². The predicted molar refractivity (Wildman–Crippen MR) is 92.5 cm³/mol. The molecule has 1 aliphatic rings. The van der Waals surface area contributed by atoms with Crippen molar-refractivity contribution in [2.24, 2.45) is 0 Å². The summed E-state index contributed by atoms with van der Waals surface area (Å²) in [5, 5.41) is 16.7. The van der Waals surface area contributed by atoms with Gasteiger partial charge in [0.2, 0.25) is 5.91 Å². The van der Waals surface area contributed by atoms with Crippen molar-refractivity contribution in [2.45, 2.75) is 19.9 Å². The maximum Gasteiger partial charge on any atom is 0.274 e. The van der Waals surface area contributed by atoms with Gasteiger partial charge >= 0.3 is 0 Å². The summed E-state index contributed by atoms with van der Waals surface area (Å²) in [5.41, 5.74) is 2.94. The van der Waals surface area contributed by atoms with Crippen LogP contribution in [0.15, 0.2) is 47.4 Å². The average Bonchev–Trinajstić information content (AvgIpc) is 3.21. The molecule has 0 atom stereocenters. The number of carbonyl (C=O) groups is 1. The lowest BCUT2D eigenvalue weighted by molar-refractivity contribution is -0.385. The van der Waals surface area contributed by atoms with E-state index in [1.165, 1.54) is 6.07 Å². The number of aromatic nitrogens is 1. The molecule has 1 amide bonds. The van der Waals surface area contributed by atoms with E-state index < -0.39 is 4.92 Å². The monoisotopic (exact) mass is 341 g/mol. The van der Waals surface area contributed by atoms with Gasteiger partial charge in [0, 0.05) is 29.1 Å². The van der Waals surface area contributed by atoms with Crippen molar-refractivity contribution in [2.75, 3.05) is 0 Å². The number of thiazole rings is 1. The quantitative estimate of drug-likeness (QED) is 0.667. The topological polar surface area (TPSA) is 85.1 Å². The number of aryl methyl sites for hydroxylation is 1. The maximum atomic E-state index is 12.3. The van der Waals surface area contributed by atoms with Gasteiger partial charge in [0.15, 0.2) is 0 Å². The van der Waals surface area contributed by atoms with Crippen molar-refractivity contribution in [3.63, 3.8) is 0 Å². The third-order valence-corrected chi connectivity index (χ3v) is 4.48. The fraction of sp³-hybridized carbons (Fsp3) is 0.176. The molecule has 1 aliphatic carbocycles. The summed E-state index contributed by atoms with van der Waals surface area (Å²) in [6.45, 7) is 2.06. The summed E-state index contributed by atoms with van der Waals surface area (Å²) < 4.78 is 0. The minimum absolute atomic E-state index is 0.00923. The SMILES string of the molecule is Cc1nc(C2=CCC(C(=O)NCc3ccccc3[N+](=O)[O-])=C2)cs1. The zero-order valence-electron chi connectivity index (χ0n) is 13.0. The third kappa shape index (κ3) is 3.41. The molecule has 6 nitrogen and oxygen atoms in total. The smallest absolute Gasteiger partial charge is 0.274 e. The zero-order valence-corrected chi connectivity index (χ0v) is 13.8. The number of carbonyl (C=O) groups excluding carboxylic acids is 1. The van der Waals surface area contributed by atoms with E-state index in [2.05, 4.69) is 10.3 Å². The maximum absolute atomic E-state index is 12.3. The zero-order chi connectivity index (χ0) is 17.1. The normalized spacial score (nSPS) is 13.4. The second-order valence-corrected chi connectivity index (χ2v) is 6.42. The first-order valence-electron chi connectivity index (χ1n) is 7.38. The van der Waals surface area contributed by atoms with Gasteiger partial charge in [-0.2, -0.15) is 0 Å². The van der Waals surface area contributed by atoms with Gasteiger partial charge < -0.3 is 5.32 Å². The fourth-order valence-electron chi connectivity index (χ4n) is 2.49. The molecule has 0 aliphatic heterocycles. The average molecular weight is 341 g/mol. The van der Waals surface area contributed by atoms with Gasteiger partial charge in [-0.05, 0) is 25.0 Å². The van der Waals surface area contributed by atoms with Crippen LogP contribution < -0.4 is 5.32 Å². The summed E-state index contributed by atoms with van der Waals surface area (Å²) >= 11 is 1.57. The van der Waals surface area contributed by atoms with Crippen molar-refractivity contribution in [3.8, 4) is 0 Å². The number of hydrogen-bond acceptors (Lipinski definition) is 5. The van der Waals surface area contributed by atoms with Crippen LogP contribution in [0, 0.1) is 17.0 Å². The van der Waals surface area contributed by atoms with Crippen molar-refractivity contribution in [1.29, 1.82) is 0 Å². The van der Waals surface area contributed by atoms with E-state index in [9.17, 15) is 14.9 Å². The van der Waals surface area contributed by atoms with Crippen LogP contribution in [-0.2, 0) is 11.3 Å². The summed E-state index contributed by atoms with van der Waals surface area (Å²) in [7, 11) is 0. The number of hydrogen-bond donors (Lipinski definition) is 1. The first-order valence-corrected chi connectivity index (χ1v) is 8.26. The largest absolute Gasteiger partial charge is 0.348 e. The Kier molecular flexibility index (Phi) is 4.52. The van der Waals surface area contributed by atoms with E-state index in [4.69, 9.17) is 0 Å². The Labute approximate surface area is 142 Å². The summed E-state index contributed by atoms with van der Waals surface area (Å²) in [6, 6.07) is 6.40. The van der Waals surface area contributed by atoms with Crippen LogP contribution in [0.2, 0.25) is 0 Å². The molecule has 0 radical (unpaired) electrons. The van der Waals surface area contributed by atoms with Crippen molar-refractivity contribution >= 4 is 28.5 Å². The molecule has 2 aromatic rings. The minimum atomic E-state index is -0.444. The number of benzene rings is 1. The first kappa shape index (κ1) is 16.1. The van der Waals surface area contributed by atoms with Crippen LogP contribution in [0.4, 0.5) is 5.69 Å². The molecule has 1 heterocycles. The highest BCUT2D eigenvalue weighted by Crippen LogP contribution is 2.27. The molecule has 0 bridgehead atoms. The van der Waals surface area contributed by atoms with Crippen LogP contribution >= 0.6 is 11.3 Å². The molecule has 7 heteroatoms. The lowest BCUT2D eigenvalue weighted by Gasteiger charge is -2.06. The second-order valence-electron chi connectivity index (χ2n) is 5.35. The molecular weight excluding hydrogens is 326 g/mol. The molecule has 0 unspecified atom stereocenters. The van der Waals surface area contributed by atoms with Crippen LogP contribution in [0.25, 0.3) is 5.57 Å². The van der Waals surface area contributed by atoms with E-state index in [1.54, 1.807) is 29.5 Å². The Hall–Kier alpha value is -2.80. The summed E-state index contributed by atoms with van der Waals surface area (Å²) in [6.07, 6.45) is 4.33. The predicted octanol–water partition coefficient (Wildman–Crippen LogP) is 3.39. The molecule has 0 fully saturated rings. The Morgan fingerprint density at radius 2 is 2.21 bits per heavy atom. The number of para-hydroxylation sites is 1. The Balaban J connectivity index is 1.66. The minimum Gasteiger partial charge on any atom is -0.348 e. The van der Waals surface area contributed by atoms with Gasteiger partial charge in [-0.15, -0.1) is 11.3 Å². The number of allylic oxidation sites excluding steroid dienone is 3. The van der Waals surface area contributed by atoms with E-state index in [0.29, 0.717) is 17.6 Å². The number of nitro benzene ring substituents is 1. The number of nitrogens with zero attached hydrogens (tertiary/aromatic N) is 2. The third-order valence-electron chi connectivity index (χ3n) is 3.71. The molecular formula is C17H15N3O3S. The Morgan fingerprint density at radius 1 is 1.42 bits per heavy atom. The van der Waals surface area contributed by atoms with Crippen LogP contribution in [0.5, 0.6) is 0 Å². The Morgan fingerprint density at radius 3 is 2.92 bits per heavy atom. The van der Waals surface area contributed by atoms with Crippen molar-refractivity contribution < 1.29 is 9.72 Å². The molecule has 122 valence electrons. The fourth-order valence-corrected chi connectivity index (χ4v) is 3.11.